The number of anilines is 2. The second-order valence-corrected chi connectivity index (χ2v) is 5.40. The molecule has 0 bridgehead atoms. The molecule has 21 heavy (non-hydrogen) atoms. The normalized spacial score (nSPS) is 11.1. The number of rotatable bonds is 4. The summed E-state index contributed by atoms with van der Waals surface area (Å²) in [5.74, 6) is -1.63. The van der Waals surface area contributed by atoms with E-state index in [1.54, 1.807) is 0 Å². The van der Waals surface area contributed by atoms with E-state index in [4.69, 9.17) is 5.73 Å². The van der Waals surface area contributed by atoms with Crippen LogP contribution in [0.4, 0.5) is 21.7 Å². The Bertz CT molecular complexity index is 773. The Hall–Kier alpha value is -2.82. The molecule has 0 aliphatic rings. The first kappa shape index (κ1) is 14.6. The summed E-state index contributed by atoms with van der Waals surface area (Å²) in [4.78, 5) is 16.0. The van der Waals surface area contributed by atoms with Crippen LogP contribution in [-0.2, 0) is 10.0 Å². The highest BCUT2D eigenvalue weighted by molar-refractivity contribution is 7.92. The minimum absolute atomic E-state index is 0.283. The third-order valence-corrected chi connectivity index (χ3v) is 3.75. The second kappa shape index (κ2) is 5.28. The smallest absolute Gasteiger partial charge is 0.274 e. The van der Waals surface area contributed by atoms with Crippen molar-refractivity contribution in [2.75, 3.05) is 10.5 Å². The minimum Gasteiger partial charge on any atom is -0.397 e. The van der Waals surface area contributed by atoms with Crippen molar-refractivity contribution in [3.63, 3.8) is 0 Å². The molecular formula is C10H8FN5O4S. The molecule has 0 aliphatic heterocycles. The maximum atomic E-state index is 13.8. The molecule has 0 fully saturated rings. The third-order valence-electron chi connectivity index (χ3n) is 2.33. The van der Waals surface area contributed by atoms with E-state index in [-0.39, 0.29) is 5.95 Å². The Morgan fingerprint density at radius 3 is 2.43 bits per heavy atom. The van der Waals surface area contributed by atoms with Crippen LogP contribution in [0.15, 0.2) is 35.5 Å². The molecule has 2 rings (SSSR count). The number of nitrogens with two attached hydrogens (primary N) is 1. The number of hydrogen-bond donors (Lipinski definition) is 2. The zero-order valence-electron chi connectivity index (χ0n) is 10.2. The van der Waals surface area contributed by atoms with E-state index in [0.717, 1.165) is 6.07 Å². The molecule has 1 aromatic heterocycles. The van der Waals surface area contributed by atoms with Crippen molar-refractivity contribution in [1.82, 2.24) is 9.97 Å². The molecule has 0 unspecified atom stereocenters. The quantitative estimate of drug-likeness (QED) is 0.485. The van der Waals surface area contributed by atoms with Gasteiger partial charge in [0.2, 0.25) is 5.95 Å². The highest BCUT2D eigenvalue weighted by atomic mass is 32.2. The lowest BCUT2D eigenvalue weighted by Crippen LogP contribution is -2.18. The number of nitro groups is 1. The van der Waals surface area contributed by atoms with Gasteiger partial charge in [-0.3, -0.25) is 10.1 Å². The lowest BCUT2D eigenvalue weighted by atomic mass is 10.3. The van der Waals surface area contributed by atoms with Crippen molar-refractivity contribution >= 4 is 27.3 Å². The topological polar surface area (TPSA) is 141 Å². The van der Waals surface area contributed by atoms with Crippen LogP contribution >= 0.6 is 0 Å². The molecular weight excluding hydrogens is 305 g/mol. The van der Waals surface area contributed by atoms with Gasteiger partial charge in [-0.1, -0.05) is 0 Å². The fourth-order valence-corrected chi connectivity index (χ4v) is 2.64. The number of benzene rings is 1. The van der Waals surface area contributed by atoms with Gasteiger partial charge < -0.3 is 5.73 Å². The van der Waals surface area contributed by atoms with Crippen molar-refractivity contribution in [2.45, 2.75) is 4.90 Å². The molecule has 0 amide bonds. The fourth-order valence-electron chi connectivity index (χ4n) is 1.51. The van der Waals surface area contributed by atoms with E-state index in [2.05, 4.69) is 9.97 Å². The predicted molar refractivity (Wildman–Crippen MR) is 70.3 cm³/mol. The van der Waals surface area contributed by atoms with Gasteiger partial charge in [-0.15, -0.1) is 0 Å². The summed E-state index contributed by atoms with van der Waals surface area (Å²) in [7, 11) is -4.41. The van der Waals surface area contributed by atoms with Crippen LogP contribution in [0.5, 0.6) is 0 Å². The van der Waals surface area contributed by atoms with Gasteiger partial charge in [0.15, 0.2) is 5.82 Å². The summed E-state index contributed by atoms with van der Waals surface area (Å²) in [5.41, 5.74) is 4.15. The maximum absolute atomic E-state index is 13.8. The van der Waals surface area contributed by atoms with E-state index < -0.39 is 37.0 Å². The number of hydrogen-bond acceptors (Lipinski definition) is 7. The number of aromatic nitrogens is 2. The van der Waals surface area contributed by atoms with Crippen LogP contribution in [0, 0.1) is 15.9 Å². The molecule has 9 nitrogen and oxygen atoms in total. The van der Waals surface area contributed by atoms with Gasteiger partial charge in [0, 0.05) is 18.5 Å². The Kier molecular flexibility index (Phi) is 3.67. The van der Waals surface area contributed by atoms with Gasteiger partial charge in [-0.05, 0) is 6.07 Å². The maximum Gasteiger partial charge on any atom is 0.274 e. The van der Waals surface area contributed by atoms with Gasteiger partial charge >= 0.3 is 0 Å². The van der Waals surface area contributed by atoms with E-state index in [1.165, 1.54) is 18.5 Å². The van der Waals surface area contributed by atoms with E-state index in [0.29, 0.717) is 6.07 Å². The van der Waals surface area contributed by atoms with Crippen LogP contribution in [0.2, 0.25) is 0 Å². The third kappa shape index (κ3) is 3.02. The monoisotopic (exact) mass is 313 g/mol. The van der Waals surface area contributed by atoms with Crippen LogP contribution < -0.4 is 10.5 Å². The van der Waals surface area contributed by atoms with Crippen molar-refractivity contribution in [3.05, 3.63) is 46.5 Å². The average Bonchev–Trinajstić information content (AvgIpc) is 2.37. The van der Waals surface area contributed by atoms with E-state index in [9.17, 15) is 22.9 Å². The summed E-state index contributed by atoms with van der Waals surface area (Å²) in [6.07, 6.45) is 2.56. The molecule has 0 aliphatic carbocycles. The fraction of sp³-hybridized carbons (Fsp3) is 0. The molecule has 3 N–H and O–H groups in total. The molecule has 110 valence electrons. The van der Waals surface area contributed by atoms with Crippen LogP contribution in [0.3, 0.4) is 0 Å². The molecule has 0 spiro atoms. The number of non-ortho nitro benzene ring substituents is 1. The lowest BCUT2D eigenvalue weighted by Gasteiger charge is -2.09. The largest absolute Gasteiger partial charge is 0.397 e. The summed E-state index contributed by atoms with van der Waals surface area (Å²) in [6, 6.07) is 2.68. The summed E-state index contributed by atoms with van der Waals surface area (Å²) in [5, 5.41) is 10.6. The molecule has 0 saturated heterocycles. The lowest BCUT2D eigenvalue weighted by molar-refractivity contribution is -0.385. The first-order valence-electron chi connectivity index (χ1n) is 5.34. The Morgan fingerprint density at radius 1 is 1.29 bits per heavy atom. The van der Waals surface area contributed by atoms with E-state index in [1.807, 2.05) is 4.72 Å². The number of nitro benzene ring substituents is 1. The Morgan fingerprint density at radius 2 is 1.90 bits per heavy atom. The number of nitrogens with one attached hydrogen (secondary N) is 1. The van der Waals surface area contributed by atoms with Crippen molar-refractivity contribution in [1.29, 1.82) is 0 Å². The molecule has 11 heteroatoms. The number of sulfonamides is 1. The second-order valence-electron chi connectivity index (χ2n) is 3.78. The van der Waals surface area contributed by atoms with Crippen molar-refractivity contribution < 1.29 is 17.7 Å². The molecule has 2 aromatic rings. The predicted octanol–water partition coefficient (Wildman–Crippen LogP) is 0.907. The zero-order valence-corrected chi connectivity index (χ0v) is 11.0. The molecule has 1 heterocycles. The first-order chi connectivity index (χ1) is 9.81. The molecule has 0 saturated carbocycles. The van der Waals surface area contributed by atoms with Gasteiger partial charge in [0.05, 0.1) is 16.7 Å². The highest BCUT2D eigenvalue weighted by Crippen LogP contribution is 2.28. The standard InChI is InChI=1S/C10H8FN5O4S/c11-7-4-6(16(17)18)5-8(12)9(7)21(19,20)15-10-13-2-1-3-14-10/h1-5H,12H2,(H,13,14,15). The molecule has 1 aromatic carbocycles. The highest BCUT2D eigenvalue weighted by Gasteiger charge is 2.26. The number of nitrogens with zero attached hydrogens (tertiary/aromatic N) is 3. The van der Waals surface area contributed by atoms with E-state index >= 15 is 0 Å². The van der Waals surface area contributed by atoms with Gasteiger partial charge in [-0.2, -0.15) is 0 Å². The Labute approximate surface area is 117 Å². The van der Waals surface area contributed by atoms with Crippen LogP contribution in [-0.4, -0.2) is 23.3 Å². The zero-order chi connectivity index (χ0) is 15.6. The summed E-state index contributed by atoms with van der Waals surface area (Å²) >= 11 is 0. The average molecular weight is 313 g/mol. The summed E-state index contributed by atoms with van der Waals surface area (Å²) < 4.78 is 39.8. The minimum atomic E-state index is -4.41. The SMILES string of the molecule is Nc1cc([N+](=O)[O-])cc(F)c1S(=O)(=O)Nc1ncccn1. The molecule has 0 radical (unpaired) electrons. The number of nitrogen functional groups attached to an aromatic ring is 1. The van der Waals surface area contributed by atoms with Crippen LogP contribution in [0.25, 0.3) is 0 Å². The first-order valence-corrected chi connectivity index (χ1v) is 6.83. The van der Waals surface area contributed by atoms with Crippen molar-refractivity contribution in [2.24, 2.45) is 0 Å². The Balaban J connectivity index is 2.48. The summed E-state index contributed by atoms with van der Waals surface area (Å²) in [6.45, 7) is 0. The molecule has 0 atom stereocenters. The van der Waals surface area contributed by atoms with Crippen molar-refractivity contribution in [3.8, 4) is 0 Å². The van der Waals surface area contributed by atoms with Gasteiger partial charge in [-0.25, -0.2) is 27.5 Å². The van der Waals surface area contributed by atoms with Gasteiger partial charge in [0.25, 0.3) is 15.7 Å². The number of halogens is 1. The van der Waals surface area contributed by atoms with Gasteiger partial charge in [0.1, 0.15) is 4.90 Å². The van der Waals surface area contributed by atoms with Crippen LogP contribution in [0.1, 0.15) is 0 Å².